The fraction of sp³-hybridized carbons (Fsp3) is 0.643. The maximum Gasteiger partial charge on any atom is 0.271 e. The number of aromatic nitrogens is 2. The van der Waals surface area contributed by atoms with Crippen LogP contribution in [-0.4, -0.2) is 58.0 Å². The van der Waals surface area contributed by atoms with Gasteiger partial charge in [-0.05, 0) is 12.5 Å². The van der Waals surface area contributed by atoms with Crippen molar-refractivity contribution in [3.8, 4) is 0 Å². The summed E-state index contributed by atoms with van der Waals surface area (Å²) in [5.41, 5.74) is 0.660. The van der Waals surface area contributed by atoms with Crippen molar-refractivity contribution >= 4 is 11.8 Å². The van der Waals surface area contributed by atoms with Crippen LogP contribution in [0.25, 0.3) is 0 Å². The molecule has 2 aliphatic rings. The van der Waals surface area contributed by atoms with Crippen LogP contribution in [0.4, 0.5) is 0 Å². The SMILES string of the molecule is CC(C)C(=O)N1CCC2(CN(C(=O)c3ccn[nH]3)C2)C1. The van der Waals surface area contributed by atoms with Gasteiger partial charge in [0.15, 0.2) is 0 Å². The summed E-state index contributed by atoms with van der Waals surface area (Å²) in [5.74, 6) is 0.273. The van der Waals surface area contributed by atoms with E-state index >= 15 is 0 Å². The average molecular weight is 276 g/mol. The van der Waals surface area contributed by atoms with Gasteiger partial charge < -0.3 is 9.80 Å². The second-order valence-electron chi connectivity index (χ2n) is 6.30. The molecule has 20 heavy (non-hydrogen) atoms. The van der Waals surface area contributed by atoms with Crippen molar-refractivity contribution in [2.24, 2.45) is 11.3 Å². The molecule has 3 rings (SSSR count). The van der Waals surface area contributed by atoms with Crippen LogP contribution < -0.4 is 0 Å². The highest BCUT2D eigenvalue weighted by atomic mass is 16.2. The number of H-pyrrole nitrogens is 1. The Morgan fingerprint density at radius 2 is 2.00 bits per heavy atom. The summed E-state index contributed by atoms with van der Waals surface area (Å²) < 4.78 is 0. The first-order chi connectivity index (χ1) is 9.51. The van der Waals surface area contributed by atoms with E-state index in [0.29, 0.717) is 5.69 Å². The largest absolute Gasteiger partial charge is 0.342 e. The van der Waals surface area contributed by atoms with Gasteiger partial charge in [-0.25, -0.2) is 0 Å². The van der Waals surface area contributed by atoms with E-state index < -0.39 is 0 Å². The number of hydrogen-bond donors (Lipinski definition) is 1. The second kappa shape index (κ2) is 4.61. The van der Waals surface area contributed by atoms with Crippen LogP contribution in [0, 0.1) is 11.3 Å². The minimum absolute atomic E-state index is 0.00163. The molecule has 0 atom stereocenters. The molecule has 108 valence electrons. The van der Waals surface area contributed by atoms with Crippen molar-refractivity contribution in [3.05, 3.63) is 18.0 Å². The first-order valence-electron chi connectivity index (χ1n) is 7.08. The third-order valence-corrected chi connectivity index (χ3v) is 4.31. The van der Waals surface area contributed by atoms with Crippen molar-refractivity contribution in [1.29, 1.82) is 0 Å². The molecular formula is C14H20N4O2. The lowest BCUT2D eigenvalue weighted by atomic mass is 9.79. The van der Waals surface area contributed by atoms with Gasteiger partial charge in [-0.15, -0.1) is 0 Å². The van der Waals surface area contributed by atoms with E-state index in [1.807, 2.05) is 23.6 Å². The Hall–Kier alpha value is -1.85. The first kappa shape index (κ1) is 13.1. The number of amides is 2. The topological polar surface area (TPSA) is 69.3 Å². The first-order valence-corrected chi connectivity index (χ1v) is 7.08. The molecule has 6 nitrogen and oxygen atoms in total. The highest BCUT2D eigenvalue weighted by molar-refractivity contribution is 5.92. The van der Waals surface area contributed by atoms with Crippen molar-refractivity contribution in [2.75, 3.05) is 26.2 Å². The Bertz CT molecular complexity index is 517. The van der Waals surface area contributed by atoms with Gasteiger partial charge in [0.1, 0.15) is 5.69 Å². The quantitative estimate of drug-likeness (QED) is 0.866. The fourth-order valence-corrected chi connectivity index (χ4v) is 3.20. The van der Waals surface area contributed by atoms with Crippen LogP contribution in [0.3, 0.4) is 0 Å². The average Bonchev–Trinajstić information content (AvgIpc) is 3.04. The van der Waals surface area contributed by atoms with E-state index in [1.54, 1.807) is 12.3 Å². The number of carbonyl (C=O) groups excluding carboxylic acids is 2. The zero-order valence-corrected chi connectivity index (χ0v) is 11.9. The Morgan fingerprint density at radius 3 is 2.60 bits per heavy atom. The highest BCUT2D eigenvalue weighted by Gasteiger charge is 2.50. The van der Waals surface area contributed by atoms with Crippen LogP contribution in [0.5, 0.6) is 0 Å². The van der Waals surface area contributed by atoms with E-state index in [1.165, 1.54) is 0 Å². The highest BCUT2D eigenvalue weighted by Crippen LogP contribution is 2.40. The number of rotatable bonds is 2. The Labute approximate surface area is 118 Å². The predicted octanol–water partition coefficient (Wildman–Crippen LogP) is 0.740. The van der Waals surface area contributed by atoms with Gasteiger partial charge in [0.2, 0.25) is 5.91 Å². The van der Waals surface area contributed by atoms with Gasteiger partial charge in [0.25, 0.3) is 5.91 Å². The normalized spacial score (nSPS) is 20.6. The van der Waals surface area contributed by atoms with Crippen molar-refractivity contribution in [2.45, 2.75) is 20.3 Å². The number of carbonyl (C=O) groups is 2. The molecule has 0 bridgehead atoms. The lowest BCUT2D eigenvalue weighted by Gasteiger charge is -2.47. The number of hydrogen-bond acceptors (Lipinski definition) is 3. The van der Waals surface area contributed by atoms with Gasteiger partial charge in [0, 0.05) is 43.7 Å². The molecule has 0 radical (unpaired) electrons. The minimum atomic E-state index is 0.00163. The van der Waals surface area contributed by atoms with Crippen molar-refractivity contribution in [1.82, 2.24) is 20.0 Å². The molecule has 1 N–H and O–H groups in total. The lowest BCUT2D eigenvalue weighted by Crippen LogP contribution is -2.59. The molecule has 0 aliphatic carbocycles. The smallest absolute Gasteiger partial charge is 0.271 e. The van der Waals surface area contributed by atoms with Crippen molar-refractivity contribution in [3.63, 3.8) is 0 Å². The maximum absolute atomic E-state index is 12.1. The lowest BCUT2D eigenvalue weighted by molar-refractivity contribution is -0.134. The summed E-state index contributed by atoms with van der Waals surface area (Å²) in [7, 11) is 0. The van der Waals surface area contributed by atoms with Crippen LogP contribution in [-0.2, 0) is 4.79 Å². The maximum atomic E-state index is 12.1. The number of nitrogens with zero attached hydrogens (tertiary/aromatic N) is 3. The molecule has 1 aromatic heterocycles. The molecule has 2 fully saturated rings. The summed E-state index contributed by atoms with van der Waals surface area (Å²) in [6, 6.07) is 1.69. The monoisotopic (exact) mass is 276 g/mol. The molecule has 2 aliphatic heterocycles. The minimum Gasteiger partial charge on any atom is -0.342 e. The third kappa shape index (κ3) is 2.09. The van der Waals surface area contributed by atoms with E-state index in [4.69, 9.17) is 0 Å². The van der Waals surface area contributed by atoms with Gasteiger partial charge in [-0.2, -0.15) is 5.10 Å². The predicted molar refractivity (Wildman–Crippen MR) is 73.0 cm³/mol. The Morgan fingerprint density at radius 1 is 1.30 bits per heavy atom. The zero-order chi connectivity index (χ0) is 14.3. The fourth-order valence-electron chi connectivity index (χ4n) is 3.20. The van der Waals surface area contributed by atoms with Crippen molar-refractivity contribution < 1.29 is 9.59 Å². The molecule has 1 aromatic rings. The van der Waals surface area contributed by atoms with E-state index in [-0.39, 0.29) is 23.1 Å². The molecule has 1 spiro atoms. The molecule has 2 saturated heterocycles. The summed E-state index contributed by atoms with van der Waals surface area (Å²) in [4.78, 5) is 27.9. The zero-order valence-electron chi connectivity index (χ0n) is 11.9. The molecule has 0 saturated carbocycles. The van der Waals surface area contributed by atoms with Gasteiger partial charge in [-0.3, -0.25) is 14.7 Å². The standard InChI is InChI=1S/C14H20N4O2/c1-10(2)12(19)17-6-4-14(7-17)8-18(9-14)13(20)11-3-5-15-16-11/h3,5,10H,4,6-9H2,1-2H3,(H,15,16). The van der Waals surface area contributed by atoms with Gasteiger partial charge in [0.05, 0.1) is 0 Å². The molecule has 3 heterocycles. The molecule has 0 unspecified atom stereocenters. The second-order valence-corrected chi connectivity index (χ2v) is 6.30. The van der Waals surface area contributed by atoms with E-state index in [0.717, 1.165) is 32.6 Å². The summed E-state index contributed by atoms with van der Waals surface area (Å²) in [6.45, 7) is 6.96. The van der Waals surface area contributed by atoms with Crippen LogP contribution >= 0.6 is 0 Å². The number of nitrogens with one attached hydrogen (secondary N) is 1. The molecule has 2 amide bonds. The Balaban J connectivity index is 1.58. The van der Waals surface area contributed by atoms with Gasteiger partial charge in [-0.1, -0.05) is 13.8 Å². The summed E-state index contributed by atoms with van der Waals surface area (Å²) in [6.07, 6.45) is 2.58. The molecule has 6 heteroatoms. The Kier molecular flexibility index (Phi) is 3.03. The van der Waals surface area contributed by atoms with Gasteiger partial charge >= 0.3 is 0 Å². The third-order valence-electron chi connectivity index (χ3n) is 4.31. The number of likely N-dealkylation sites (tertiary alicyclic amines) is 2. The van der Waals surface area contributed by atoms with Crippen LogP contribution in [0.1, 0.15) is 30.8 Å². The summed E-state index contributed by atoms with van der Waals surface area (Å²) in [5, 5.41) is 6.50. The van der Waals surface area contributed by atoms with Crippen LogP contribution in [0.15, 0.2) is 12.3 Å². The van der Waals surface area contributed by atoms with E-state index in [9.17, 15) is 9.59 Å². The molecular weight excluding hydrogens is 256 g/mol. The molecule has 0 aromatic carbocycles. The van der Waals surface area contributed by atoms with Crippen LogP contribution in [0.2, 0.25) is 0 Å². The number of aromatic amines is 1. The van der Waals surface area contributed by atoms with E-state index in [2.05, 4.69) is 10.2 Å². The summed E-state index contributed by atoms with van der Waals surface area (Å²) >= 11 is 0.